The second-order valence-corrected chi connectivity index (χ2v) is 3.78. The van der Waals surface area contributed by atoms with E-state index in [2.05, 4.69) is 5.32 Å². The number of nitrogens with two attached hydrogens (primary N) is 1. The minimum absolute atomic E-state index is 0.211. The SMILES string of the molecule is COCCCCNC(C(N)=O)C(C)C. The Morgan fingerprint density at radius 1 is 1.43 bits per heavy atom. The second kappa shape index (κ2) is 7.76. The molecule has 0 spiro atoms. The summed E-state index contributed by atoms with van der Waals surface area (Å²) in [5.41, 5.74) is 5.25. The zero-order valence-electron chi connectivity index (χ0n) is 9.38. The van der Waals surface area contributed by atoms with Crippen molar-refractivity contribution >= 4 is 5.91 Å². The maximum Gasteiger partial charge on any atom is 0.234 e. The molecule has 0 aromatic heterocycles. The number of nitrogens with one attached hydrogen (secondary N) is 1. The van der Waals surface area contributed by atoms with Crippen LogP contribution in [-0.2, 0) is 9.53 Å². The van der Waals surface area contributed by atoms with E-state index in [-0.39, 0.29) is 17.9 Å². The number of methoxy groups -OCH3 is 1. The molecule has 0 aliphatic carbocycles. The van der Waals surface area contributed by atoms with Gasteiger partial charge in [0.25, 0.3) is 0 Å². The average molecular weight is 202 g/mol. The predicted octanol–water partition coefficient (Wildman–Crippen LogP) is 0.513. The lowest BCUT2D eigenvalue weighted by Crippen LogP contribution is -2.45. The van der Waals surface area contributed by atoms with Crippen LogP contribution in [0.15, 0.2) is 0 Å². The molecular formula is C10H22N2O2. The molecule has 0 aliphatic heterocycles. The summed E-state index contributed by atoms with van der Waals surface area (Å²) in [7, 11) is 1.69. The second-order valence-electron chi connectivity index (χ2n) is 3.78. The normalized spacial score (nSPS) is 13.1. The number of carbonyl (C=O) groups excluding carboxylic acids is 1. The molecule has 0 heterocycles. The predicted molar refractivity (Wildman–Crippen MR) is 56.9 cm³/mol. The summed E-state index contributed by atoms with van der Waals surface area (Å²) in [6.45, 7) is 5.55. The van der Waals surface area contributed by atoms with Crippen LogP contribution in [0.4, 0.5) is 0 Å². The number of amides is 1. The van der Waals surface area contributed by atoms with Crippen LogP contribution in [-0.4, -0.2) is 32.2 Å². The van der Waals surface area contributed by atoms with Gasteiger partial charge in [-0.15, -0.1) is 0 Å². The molecule has 0 saturated heterocycles. The Bertz CT molecular complexity index is 160. The van der Waals surface area contributed by atoms with Crippen molar-refractivity contribution < 1.29 is 9.53 Å². The lowest BCUT2D eigenvalue weighted by molar-refractivity contribution is -0.121. The third-order valence-electron chi connectivity index (χ3n) is 2.11. The first-order valence-electron chi connectivity index (χ1n) is 5.11. The molecule has 0 fully saturated rings. The Balaban J connectivity index is 3.57. The van der Waals surface area contributed by atoms with Crippen molar-refractivity contribution in [3.05, 3.63) is 0 Å². The van der Waals surface area contributed by atoms with E-state index in [1.807, 2.05) is 13.8 Å². The molecule has 14 heavy (non-hydrogen) atoms. The van der Waals surface area contributed by atoms with E-state index in [1.165, 1.54) is 0 Å². The summed E-state index contributed by atoms with van der Waals surface area (Å²) in [5, 5.41) is 3.15. The Morgan fingerprint density at radius 2 is 2.07 bits per heavy atom. The zero-order valence-corrected chi connectivity index (χ0v) is 9.38. The monoisotopic (exact) mass is 202 g/mol. The topological polar surface area (TPSA) is 64.3 Å². The minimum Gasteiger partial charge on any atom is -0.385 e. The minimum atomic E-state index is -0.272. The average Bonchev–Trinajstić information content (AvgIpc) is 2.09. The zero-order chi connectivity index (χ0) is 11.0. The van der Waals surface area contributed by atoms with Gasteiger partial charge in [0.1, 0.15) is 0 Å². The number of hydrogen-bond acceptors (Lipinski definition) is 3. The molecule has 0 radical (unpaired) electrons. The molecular weight excluding hydrogens is 180 g/mol. The molecule has 0 bridgehead atoms. The van der Waals surface area contributed by atoms with Crippen LogP contribution >= 0.6 is 0 Å². The van der Waals surface area contributed by atoms with Gasteiger partial charge in [-0.1, -0.05) is 13.8 Å². The Morgan fingerprint density at radius 3 is 2.50 bits per heavy atom. The quantitative estimate of drug-likeness (QED) is 0.564. The van der Waals surface area contributed by atoms with E-state index < -0.39 is 0 Å². The van der Waals surface area contributed by atoms with E-state index in [4.69, 9.17) is 10.5 Å². The standard InChI is InChI=1S/C10H22N2O2/c1-8(2)9(10(11)13)12-6-4-5-7-14-3/h8-9,12H,4-7H2,1-3H3,(H2,11,13). The molecule has 84 valence electrons. The molecule has 0 aromatic carbocycles. The summed E-state index contributed by atoms with van der Waals surface area (Å²) in [6.07, 6.45) is 2.01. The number of rotatable bonds is 8. The van der Waals surface area contributed by atoms with E-state index >= 15 is 0 Å². The molecule has 3 N–H and O–H groups in total. The van der Waals surface area contributed by atoms with Crippen LogP contribution in [0.3, 0.4) is 0 Å². The number of ether oxygens (including phenoxy) is 1. The number of hydrogen-bond donors (Lipinski definition) is 2. The highest BCUT2D eigenvalue weighted by Gasteiger charge is 2.17. The first-order valence-corrected chi connectivity index (χ1v) is 5.11. The van der Waals surface area contributed by atoms with Gasteiger partial charge in [0.2, 0.25) is 5.91 Å². The smallest absolute Gasteiger partial charge is 0.234 e. The first-order chi connectivity index (χ1) is 6.59. The van der Waals surface area contributed by atoms with Crippen molar-refractivity contribution in [1.82, 2.24) is 5.32 Å². The number of primary amides is 1. The Kier molecular flexibility index (Phi) is 7.42. The maximum absolute atomic E-state index is 11.0. The third-order valence-corrected chi connectivity index (χ3v) is 2.11. The van der Waals surface area contributed by atoms with Crippen molar-refractivity contribution in [3.63, 3.8) is 0 Å². The van der Waals surface area contributed by atoms with Crippen molar-refractivity contribution in [3.8, 4) is 0 Å². The van der Waals surface area contributed by atoms with Crippen molar-refractivity contribution in [1.29, 1.82) is 0 Å². The van der Waals surface area contributed by atoms with E-state index in [0.29, 0.717) is 0 Å². The van der Waals surface area contributed by atoms with Crippen molar-refractivity contribution in [2.24, 2.45) is 11.7 Å². The largest absolute Gasteiger partial charge is 0.385 e. The summed E-state index contributed by atoms with van der Waals surface area (Å²) >= 11 is 0. The van der Waals surface area contributed by atoms with Gasteiger partial charge in [-0.2, -0.15) is 0 Å². The van der Waals surface area contributed by atoms with Crippen LogP contribution in [0.1, 0.15) is 26.7 Å². The molecule has 0 aliphatic rings. The molecule has 1 amide bonds. The maximum atomic E-state index is 11.0. The van der Waals surface area contributed by atoms with Crippen LogP contribution in [0, 0.1) is 5.92 Å². The van der Waals surface area contributed by atoms with Gasteiger partial charge in [-0.05, 0) is 25.3 Å². The van der Waals surface area contributed by atoms with Gasteiger partial charge in [0.05, 0.1) is 6.04 Å². The molecule has 0 rings (SSSR count). The Labute approximate surface area is 86.2 Å². The van der Waals surface area contributed by atoms with E-state index in [1.54, 1.807) is 7.11 Å². The van der Waals surface area contributed by atoms with Crippen molar-refractivity contribution in [2.45, 2.75) is 32.7 Å². The van der Waals surface area contributed by atoms with Crippen LogP contribution in [0.25, 0.3) is 0 Å². The first kappa shape index (κ1) is 13.4. The van der Waals surface area contributed by atoms with Gasteiger partial charge in [0, 0.05) is 13.7 Å². The highest BCUT2D eigenvalue weighted by molar-refractivity contribution is 5.80. The summed E-state index contributed by atoms with van der Waals surface area (Å²) in [4.78, 5) is 11.0. The number of carbonyl (C=O) groups is 1. The summed E-state index contributed by atoms with van der Waals surface area (Å²) in [6, 6.07) is -0.211. The lowest BCUT2D eigenvalue weighted by atomic mass is 10.0. The summed E-state index contributed by atoms with van der Waals surface area (Å²) in [5.74, 6) is -0.0262. The highest BCUT2D eigenvalue weighted by Crippen LogP contribution is 2.00. The summed E-state index contributed by atoms with van der Waals surface area (Å²) < 4.78 is 4.92. The molecule has 1 atom stereocenters. The molecule has 4 heteroatoms. The lowest BCUT2D eigenvalue weighted by Gasteiger charge is -2.18. The number of unbranched alkanes of at least 4 members (excludes halogenated alkanes) is 1. The Hall–Kier alpha value is -0.610. The molecule has 4 nitrogen and oxygen atoms in total. The van der Waals surface area contributed by atoms with E-state index in [0.717, 1.165) is 26.0 Å². The van der Waals surface area contributed by atoms with Gasteiger partial charge < -0.3 is 15.8 Å². The molecule has 0 saturated carbocycles. The fourth-order valence-electron chi connectivity index (χ4n) is 1.29. The van der Waals surface area contributed by atoms with E-state index in [9.17, 15) is 4.79 Å². The third kappa shape index (κ3) is 5.94. The fourth-order valence-corrected chi connectivity index (χ4v) is 1.29. The van der Waals surface area contributed by atoms with Gasteiger partial charge in [-0.3, -0.25) is 4.79 Å². The van der Waals surface area contributed by atoms with Gasteiger partial charge in [0.15, 0.2) is 0 Å². The van der Waals surface area contributed by atoms with Gasteiger partial charge >= 0.3 is 0 Å². The van der Waals surface area contributed by atoms with Crippen LogP contribution in [0.2, 0.25) is 0 Å². The van der Waals surface area contributed by atoms with Crippen LogP contribution in [0.5, 0.6) is 0 Å². The fraction of sp³-hybridized carbons (Fsp3) is 0.900. The molecule has 0 aromatic rings. The molecule has 1 unspecified atom stereocenters. The van der Waals surface area contributed by atoms with Gasteiger partial charge in [-0.25, -0.2) is 0 Å². The van der Waals surface area contributed by atoms with Crippen molar-refractivity contribution in [2.75, 3.05) is 20.3 Å². The van der Waals surface area contributed by atoms with Crippen LogP contribution < -0.4 is 11.1 Å². The highest BCUT2D eigenvalue weighted by atomic mass is 16.5.